The van der Waals surface area contributed by atoms with E-state index in [0.29, 0.717) is 31.5 Å². The molecule has 9 rings (SSSR count). The summed E-state index contributed by atoms with van der Waals surface area (Å²) in [6.07, 6.45) is 53.8. The number of nitriles is 2. The van der Waals surface area contributed by atoms with E-state index in [1.807, 2.05) is 71.3 Å². The zero-order valence-electron chi connectivity index (χ0n) is 68.8. The molecule has 0 amide bonds. The number of aryl methyl sites for hydroxylation is 7. The van der Waals surface area contributed by atoms with Gasteiger partial charge in [-0.05, 0) is 173 Å². The molecular formula is C93H123N9O2S8. The van der Waals surface area contributed by atoms with Gasteiger partial charge in [-0.3, -0.25) is 9.59 Å². The van der Waals surface area contributed by atoms with E-state index in [1.165, 1.54) is 297 Å². The van der Waals surface area contributed by atoms with Crippen LogP contribution in [0.25, 0.3) is 93.7 Å². The molecule has 0 atom stereocenters. The van der Waals surface area contributed by atoms with Crippen LogP contribution in [0.3, 0.4) is 0 Å². The molecule has 0 spiro atoms. The minimum absolute atomic E-state index is 0.0423. The number of aromatic nitrogens is 5. The van der Waals surface area contributed by atoms with Gasteiger partial charge in [0.2, 0.25) is 0 Å². The molecule has 0 aliphatic carbocycles. The van der Waals surface area contributed by atoms with Crippen LogP contribution < -0.4 is 29.5 Å². The molecule has 9 heterocycles. The third kappa shape index (κ3) is 24.8. The lowest BCUT2D eigenvalue weighted by atomic mass is 10.0. The number of unbranched alkanes of at least 4 members (excludes halogenated alkanes) is 30. The zero-order chi connectivity index (χ0) is 79.6. The smallest absolute Gasteiger partial charge is 0.294 e. The van der Waals surface area contributed by atoms with Crippen molar-refractivity contribution >= 4 is 114 Å². The van der Waals surface area contributed by atoms with Crippen molar-refractivity contribution in [1.29, 1.82) is 10.5 Å². The number of nitrogens with zero attached hydrogens (tertiary/aromatic N) is 9. The minimum Gasteiger partial charge on any atom is -0.307 e. The number of thiazole rings is 2. The highest BCUT2D eigenvalue weighted by Gasteiger charge is 2.27. The van der Waals surface area contributed by atoms with Crippen LogP contribution in [0, 0.1) is 35.8 Å². The van der Waals surface area contributed by atoms with Crippen molar-refractivity contribution < 1.29 is 0 Å². The van der Waals surface area contributed by atoms with E-state index in [0.717, 1.165) is 98.5 Å². The summed E-state index contributed by atoms with van der Waals surface area (Å²) in [6, 6.07) is 18.9. The average molecular weight is 1660 g/mol. The Morgan fingerprint density at radius 3 is 0.946 bits per heavy atom. The summed E-state index contributed by atoms with van der Waals surface area (Å²) in [5.41, 5.74) is 7.80. The molecule has 0 unspecified atom stereocenters. The Morgan fingerprint density at radius 2 is 0.643 bits per heavy atom. The summed E-state index contributed by atoms with van der Waals surface area (Å²) < 4.78 is 7.22. The van der Waals surface area contributed by atoms with Gasteiger partial charge < -0.3 is 9.13 Å². The second kappa shape index (κ2) is 48.2. The van der Waals surface area contributed by atoms with E-state index >= 15 is 0 Å². The van der Waals surface area contributed by atoms with Crippen LogP contribution in [0.1, 0.15) is 330 Å². The first-order valence-corrected chi connectivity index (χ1v) is 49.5. The van der Waals surface area contributed by atoms with Crippen molar-refractivity contribution in [3.8, 4) is 72.6 Å². The predicted molar refractivity (Wildman–Crippen MR) is 489 cm³/mol. The molecule has 0 saturated heterocycles. The van der Waals surface area contributed by atoms with E-state index < -0.39 is 0 Å². The Kier molecular flexibility index (Phi) is 38.6. The van der Waals surface area contributed by atoms with Gasteiger partial charge in [0, 0.05) is 68.9 Å². The molecule has 0 aliphatic rings. The van der Waals surface area contributed by atoms with Gasteiger partial charge in [0.25, 0.3) is 22.5 Å². The molecule has 9 aromatic rings. The van der Waals surface area contributed by atoms with Crippen molar-refractivity contribution in [2.24, 2.45) is 7.05 Å². The first-order valence-electron chi connectivity index (χ1n) is 43.0. The first kappa shape index (κ1) is 89.6. The van der Waals surface area contributed by atoms with E-state index in [9.17, 15) is 20.1 Å². The van der Waals surface area contributed by atoms with Crippen LogP contribution >= 0.6 is 90.7 Å². The summed E-state index contributed by atoms with van der Waals surface area (Å²) in [5, 5.41) is 25.4. The molecule has 9 aromatic heterocycles. The molecular weight excluding hydrogens is 1530 g/mol. The summed E-state index contributed by atoms with van der Waals surface area (Å²) in [4.78, 5) is 55.8. The van der Waals surface area contributed by atoms with E-state index in [2.05, 4.69) is 111 Å². The number of hydrogen-bond acceptors (Lipinski definition) is 14. The van der Waals surface area contributed by atoms with Crippen molar-refractivity contribution in [2.45, 2.75) is 338 Å². The van der Waals surface area contributed by atoms with Gasteiger partial charge in [-0.15, -0.1) is 95.8 Å². The van der Waals surface area contributed by atoms with Crippen LogP contribution in [0.5, 0.6) is 0 Å². The molecule has 0 aliphatic heterocycles. The zero-order valence-corrected chi connectivity index (χ0v) is 75.4. The Labute approximate surface area is 702 Å². The topological polar surface area (TPSA) is 131 Å². The van der Waals surface area contributed by atoms with E-state index in [4.69, 9.17) is 23.2 Å². The molecule has 600 valence electrons. The molecule has 112 heavy (non-hydrogen) atoms. The molecule has 0 radical (unpaired) electrons. The van der Waals surface area contributed by atoms with Crippen LogP contribution in [-0.2, 0) is 58.7 Å². The maximum absolute atomic E-state index is 14.0. The second-order valence-corrected chi connectivity index (χ2v) is 38.9. The maximum Gasteiger partial charge on any atom is 0.294 e. The van der Waals surface area contributed by atoms with E-state index in [1.54, 1.807) is 31.8 Å². The summed E-state index contributed by atoms with van der Waals surface area (Å²) in [5.74, 6) is 1.75. The fourth-order valence-electron chi connectivity index (χ4n) is 15.3. The van der Waals surface area contributed by atoms with Crippen molar-refractivity contribution in [1.82, 2.24) is 23.9 Å². The third-order valence-electron chi connectivity index (χ3n) is 21.6. The average Bonchev–Trinajstić information content (AvgIpc) is 1.62. The monoisotopic (exact) mass is 1650 g/mol. The Bertz CT molecular complexity index is 4980. The maximum atomic E-state index is 14.0. The fourth-order valence-corrected chi connectivity index (χ4v) is 25.2. The van der Waals surface area contributed by atoms with Crippen LogP contribution in [0.4, 0.5) is 0 Å². The Balaban J connectivity index is 1.17. The van der Waals surface area contributed by atoms with E-state index in [-0.39, 0.29) is 22.5 Å². The van der Waals surface area contributed by atoms with Crippen LogP contribution in [0.2, 0.25) is 0 Å². The van der Waals surface area contributed by atoms with Gasteiger partial charge in [0.15, 0.2) is 11.6 Å². The van der Waals surface area contributed by atoms with Crippen molar-refractivity contribution in [2.75, 3.05) is 0 Å². The Morgan fingerprint density at radius 1 is 0.375 bits per heavy atom. The minimum atomic E-state index is -0.151. The van der Waals surface area contributed by atoms with Crippen LogP contribution in [0.15, 0.2) is 46.0 Å². The summed E-state index contributed by atoms with van der Waals surface area (Å²) >= 11 is 13.8. The van der Waals surface area contributed by atoms with Gasteiger partial charge >= 0.3 is 0 Å². The summed E-state index contributed by atoms with van der Waals surface area (Å²) in [6.45, 7) is 33.8. The van der Waals surface area contributed by atoms with Crippen LogP contribution in [-0.4, -0.2) is 23.9 Å². The number of rotatable bonds is 52. The highest BCUT2D eigenvalue weighted by Crippen LogP contribution is 2.51. The fraction of sp³-hybridized carbons (Fsp3) is 0.570. The van der Waals surface area contributed by atoms with Gasteiger partial charge in [0.05, 0.1) is 44.1 Å². The molecule has 19 heteroatoms. The molecule has 11 nitrogen and oxygen atoms in total. The highest BCUT2D eigenvalue weighted by molar-refractivity contribution is 7.28. The second-order valence-electron chi connectivity index (χ2n) is 30.4. The predicted octanol–water partition coefficient (Wildman–Crippen LogP) is 26.9. The lowest BCUT2D eigenvalue weighted by Gasteiger charge is -2.03. The lowest BCUT2D eigenvalue weighted by Crippen LogP contribution is -2.31. The Hall–Kier alpha value is -6.36. The van der Waals surface area contributed by atoms with Gasteiger partial charge in [0.1, 0.15) is 9.33 Å². The molecule has 0 fully saturated rings. The molecule has 0 N–H and O–H groups in total. The van der Waals surface area contributed by atoms with Gasteiger partial charge in [-0.25, -0.2) is 29.9 Å². The van der Waals surface area contributed by atoms with Crippen molar-refractivity contribution in [3.63, 3.8) is 0 Å². The highest BCUT2D eigenvalue weighted by atomic mass is 32.1. The lowest BCUT2D eigenvalue weighted by molar-refractivity contribution is 0.607. The number of thiophene rings is 6. The molecule has 0 aromatic carbocycles. The first-order chi connectivity index (χ1) is 54.8. The van der Waals surface area contributed by atoms with Gasteiger partial charge in [-0.2, -0.15) is 0 Å². The SMILES string of the molecule is [C-]#[N+]/C(C#N)=c1\s/c(=C/c2cc(CCCCCCCC)c(-c3cc(CCCCCCCC)c(-c4cc(CCCCCCCC)c(-c5nc(-c6sc(-c7sc(-c8sc(/C=c9/s/c(=C(\C#N)[N+]#[C-])n(CC)c9=O)cc8CCCCCCCC)cc7CCCCCCCC)cc6CCCCCCCC)n(C)n5)s4)s3)s2)c(=O)n1CC. The summed E-state index contributed by atoms with van der Waals surface area (Å²) in [7, 11) is 2.12. The van der Waals surface area contributed by atoms with Crippen molar-refractivity contribution in [3.05, 3.63) is 141 Å². The molecule has 0 saturated carbocycles. The molecule has 0 bridgehead atoms. The third-order valence-corrected chi connectivity index (χ3v) is 31.5. The standard InChI is InChI=1S/C93H123N9O2S8/c1-12-20-26-32-38-44-50-66-56-72(62-80-90(103)101(18-7)92(111-80)74(64-94)96-9)105-82(66)76-58-68(52-46-40-34-28-22-14-3)84(107-76)78-60-70(54-48-42-36-30-24-16-5)86(109-78)88-98-89(100(11)99-88)87-71(55-49-43-37-31-25-17-6)61-79(110-87)85-69(53-47-41-35-29-23-15-4)59-77(108-85)83-67(51-45-39-33-27-21-13-2)57-73(106-83)63-81-91(104)102(19-8)93(112-81)75(65-95)97-10/h56-63H,12-55H2,1-8,11H3/b80-62+,81-63+,92-74-,93-75+. The van der Waals surface area contributed by atoms with Gasteiger partial charge in [-0.1, -0.05) is 234 Å². The number of hydrogen-bond donors (Lipinski definition) is 0. The largest absolute Gasteiger partial charge is 0.307 e. The normalized spacial score (nSPS) is 12.5. The quantitative estimate of drug-likeness (QED) is 0.0276.